The topological polar surface area (TPSA) is 88.5 Å². The smallest absolute Gasteiger partial charge is 0.354 e. The Hall–Kier alpha value is -2.73. The van der Waals surface area contributed by atoms with Gasteiger partial charge in [-0.05, 0) is 35.4 Å². The summed E-state index contributed by atoms with van der Waals surface area (Å²) in [6.07, 6.45) is 0. The largest absolute Gasteiger partial charge is 0.477 e. The average Bonchev–Trinajstić information content (AvgIpc) is 2.94. The first-order valence-corrected chi connectivity index (χ1v) is 6.35. The van der Waals surface area contributed by atoms with Crippen LogP contribution < -0.4 is 5.32 Å². The molecule has 2 heterocycles. The number of carbonyl (C=O) groups excluding carboxylic acids is 1. The number of carboxylic acid groups (broad SMARTS) is 1. The molecular formula is C15H12N2O4. The monoisotopic (exact) mass is 284 g/mol. The Morgan fingerprint density at radius 2 is 1.95 bits per heavy atom. The van der Waals surface area contributed by atoms with Crippen LogP contribution in [0.3, 0.4) is 0 Å². The molecule has 6 heteroatoms. The molecule has 1 aromatic heterocycles. The van der Waals surface area contributed by atoms with E-state index >= 15 is 0 Å². The van der Waals surface area contributed by atoms with Crippen molar-refractivity contribution in [2.45, 2.75) is 13.2 Å². The van der Waals surface area contributed by atoms with Crippen molar-refractivity contribution in [1.29, 1.82) is 0 Å². The summed E-state index contributed by atoms with van der Waals surface area (Å²) in [7, 11) is 0. The van der Waals surface area contributed by atoms with Gasteiger partial charge in [0.1, 0.15) is 5.82 Å². The molecule has 2 N–H and O–H groups in total. The quantitative estimate of drug-likeness (QED) is 0.900. The SMILES string of the molecule is O=C(Nc1cccc(C(=O)O)n1)c1ccc2c(c1)COC2. The Bertz CT molecular complexity index is 727. The lowest BCUT2D eigenvalue weighted by atomic mass is 10.1. The summed E-state index contributed by atoms with van der Waals surface area (Å²) in [6.45, 7) is 1.07. The zero-order valence-corrected chi connectivity index (χ0v) is 11.0. The predicted molar refractivity (Wildman–Crippen MR) is 74.1 cm³/mol. The van der Waals surface area contributed by atoms with E-state index in [1.54, 1.807) is 18.2 Å². The van der Waals surface area contributed by atoms with Crippen LogP contribution in [0.5, 0.6) is 0 Å². The van der Waals surface area contributed by atoms with Crippen LogP contribution in [0.25, 0.3) is 0 Å². The highest BCUT2D eigenvalue weighted by Crippen LogP contribution is 2.21. The van der Waals surface area contributed by atoms with E-state index < -0.39 is 5.97 Å². The third-order valence-electron chi connectivity index (χ3n) is 3.19. The fourth-order valence-corrected chi connectivity index (χ4v) is 2.13. The standard InChI is InChI=1S/C15H12N2O4/c18-14(9-4-5-10-7-21-8-11(10)6-9)17-13-3-1-2-12(16-13)15(19)20/h1-6H,7-8H2,(H,19,20)(H,16,17,18). The number of aromatic nitrogens is 1. The van der Waals surface area contributed by atoms with E-state index in [0.29, 0.717) is 18.8 Å². The number of hydrogen-bond donors (Lipinski definition) is 2. The number of nitrogens with zero attached hydrogens (tertiary/aromatic N) is 1. The van der Waals surface area contributed by atoms with Crippen LogP contribution in [-0.4, -0.2) is 22.0 Å². The molecule has 0 atom stereocenters. The van der Waals surface area contributed by atoms with Gasteiger partial charge in [0.2, 0.25) is 0 Å². The van der Waals surface area contributed by atoms with Gasteiger partial charge < -0.3 is 15.2 Å². The first kappa shape index (κ1) is 13.3. The second-order valence-electron chi connectivity index (χ2n) is 4.64. The van der Waals surface area contributed by atoms with Crippen molar-refractivity contribution >= 4 is 17.7 Å². The van der Waals surface area contributed by atoms with Gasteiger partial charge >= 0.3 is 5.97 Å². The molecule has 0 fully saturated rings. The van der Waals surface area contributed by atoms with E-state index in [0.717, 1.165) is 11.1 Å². The van der Waals surface area contributed by atoms with E-state index in [4.69, 9.17) is 9.84 Å². The Morgan fingerprint density at radius 3 is 2.76 bits per heavy atom. The fraction of sp³-hybridized carbons (Fsp3) is 0.133. The van der Waals surface area contributed by atoms with Gasteiger partial charge in [-0.3, -0.25) is 4.79 Å². The van der Waals surface area contributed by atoms with Crippen molar-refractivity contribution in [3.8, 4) is 0 Å². The molecule has 1 aliphatic heterocycles. The first-order valence-electron chi connectivity index (χ1n) is 6.35. The lowest BCUT2D eigenvalue weighted by Crippen LogP contribution is -2.14. The lowest BCUT2D eigenvalue weighted by molar-refractivity contribution is 0.0690. The van der Waals surface area contributed by atoms with Crippen LogP contribution in [0, 0.1) is 0 Å². The number of pyridine rings is 1. The maximum absolute atomic E-state index is 12.2. The van der Waals surface area contributed by atoms with E-state index in [1.165, 1.54) is 12.1 Å². The van der Waals surface area contributed by atoms with E-state index in [9.17, 15) is 9.59 Å². The number of anilines is 1. The Labute approximate surface area is 120 Å². The zero-order valence-electron chi connectivity index (χ0n) is 11.0. The second-order valence-corrected chi connectivity index (χ2v) is 4.64. The van der Waals surface area contributed by atoms with Gasteiger partial charge in [-0.1, -0.05) is 12.1 Å². The number of benzene rings is 1. The molecule has 1 aromatic carbocycles. The van der Waals surface area contributed by atoms with Crippen LogP contribution in [0.2, 0.25) is 0 Å². The molecule has 0 bridgehead atoms. The second kappa shape index (κ2) is 5.34. The zero-order chi connectivity index (χ0) is 14.8. The summed E-state index contributed by atoms with van der Waals surface area (Å²) in [4.78, 5) is 26.9. The van der Waals surface area contributed by atoms with Crippen LogP contribution >= 0.6 is 0 Å². The fourth-order valence-electron chi connectivity index (χ4n) is 2.13. The number of carbonyl (C=O) groups is 2. The molecule has 0 aliphatic carbocycles. The number of rotatable bonds is 3. The molecule has 0 saturated carbocycles. The Balaban J connectivity index is 1.80. The molecule has 0 saturated heterocycles. The number of amides is 1. The van der Waals surface area contributed by atoms with Crippen LogP contribution in [0.15, 0.2) is 36.4 Å². The van der Waals surface area contributed by atoms with Crippen molar-refractivity contribution in [2.75, 3.05) is 5.32 Å². The molecule has 21 heavy (non-hydrogen) atoms. The van der Waals surface area contributed by atoms with E-state index in [2.05, 4.69) is 10.3 Å². The number of aromatic carboxylic acids is 1. The van der Waals surface area contributed by atoms with Crippen LogP contribution in [0.1, 0.15) is 32.0 Å². The highest BCUT2D eigenvalue weighted by Gasteiger charge is 2.15. The predicted octanol–water partition coefficient (Wildman–Crippen LogP) is 2.06. The number of carboxylic acids is 1. The van der Waals surface area contributed by atoms with Crippen molar-refractivity contribution < 1.29 is 19.4 Å². The van der Waals surface area contributed by atoms with Crippen molar-refractivity contribution in [3.63, 3.8) is 0 Å². The number of fused-ring (bicyclic) bond motifs is 1. The maximum atomic E-state index is 12.2. The molecule has 3 rings (SSSR count). The number of ether oxygens (including phenoxy) is 1. The first-order chi connectivity index (χ1) is 10.1. The van der Waals surface area contributed by atoms with Gasteiger partial charge in [-0.25, -0.2) is 9.78 Å². The molecule has 0 spiro atoms. The summed E-state index contributed by atoms with van der Waals surface area (Å²) in [5.74, 6) is -1.27. The number of nitrogens with one attached hydrogen (secondary N) is 1. The van der Waals surface area contributed by atoms with Crippen LogP contribution in [-0.2, 0) is 18.0 Å². The molecule has 0 unspecified atom stereocenters. The molecule has 1 amide bonds. The van der Waals surface area contributed by atoms with Crippen molar-refractivity contribution in [3.05, 3.63) is 58.8 Å². The molecule has 1 aliphatic rings. The third kappa shape index (κ3) is 2.75. The maximum Gasteiger partial charge on any atom is 0.354 e. The highest BCUT2D eigenvalue weighted by molar-refractivity contribution is 6.04. The molecule has 2 aromatic rings. The Morgan fingerprint density at radius 1 is 1.14 bits per heavy atom. The minimum absolute atomic E-state index is 0.116. The number of hydrogen-bond acceptors (Lipinski definition) is 4. The van der Waals surface area contributed by atoms with Gasteiger partial charge in [0.15, 0.2) is 5.69 Å². The normalized spacial score (nSPS) is 12.8. The summed E-state index contributed by atoms with van der Waals surface area (Å²) < 4.78 is 5.30. The van der Waals surface area contributed by atoms with Gasteiger partial charge in [-0.15, -0.1) is 0 Å². The Kier molecular flexibility index (Phi) is 3.37. The van der Waals surface area contributed by atoms with Gasteiger partial charge in [0.05, 0.1) is 13.2 Å². The van der Waals surface area contributed by atoms with Crippen molar-refractivity contribution in [2.24, 2.45) is 0 Å². The molecule has 6 nitrogen and oxygen atoms in total. The summed E-state index contributed by atoms with van der Waals surface area (Å²) in [5, 5.41) is 11.5. The average molecular weight is 284 g/mol. The van der Waals surface area contributed by atoms with Gasteiger partial charge in [0, 0.05) is 5.56 Å². The third-order valence-corrected chi connectivity index (χ3v) is 3.19. The lowest BCUT2D eigenvalue weighted by Gasteiger charge is -2.06. The summed E-state index contributed by atoms with van der Waals surface area (Å²) >= 11 is 0. The molecule has 0 radical (unpaired) electrons. The van der Waals surface area contributed by atoms with Crippen molar-refractivity contribution in [1.82, 2.24) is 4.98 Å². The van der Waals surface area contributed by atoms with Crippen LogP contribution in [0.4, 0.5) is 5.82 Å². The molecular weight excluding hydrogens is 272 g/mol. The minimum atomic E-state index is -1.14. The summed E-state index contributed by atoms with van der Waals surface area (Å²) in [5.41, 5.74) is 2.45. The molecule has 106 valence electrons. The van der Waals surface area contributed by atoms with Gasteiger partial charge in [0.25, 0.3) is 5.91 Å². The van der Waals surface area contributed by atoms with Gasteiger partial charge in [-0.2, -0.15) is 0 Å². The highest BCUT2D eigenvalue weighted by atomic mass is 16.5. The summed E-state index contributed by atoms with van der Waals surface area (Å²) in [6, 6.07) is 9.79. The minimum Gasteiger partial charge on any atom is -0.477 e. The van der Waals surface area contributed by atoms with E-state index in [1.807, 2.05) is 6.07 Å². The van der Waals surface area contributed by atoms with E-state index in [-0.39, 0.29) is 17.4 Å².